The summed E-state index contributed by atoms with van der Waals surface area (Å²) in [5.74, 6) is 0.614. The first-order valence-corrected chi connectivity index (χ1v) is 6.99. The van der Waals surface area contributed by atoms with Gasteiger partial charge in [0.1, 0.15) is 0 Å². The van der Waals surface area contributed by atoms with E-state index in [2.05, 4.69) is 38.3 Å². The quantitative estimate of drug-likeness (QED) is 0.845. The first kappa shape index (κ1) is 12.9. The SMILES string of the molecule is CCC1(CC)C(NC)CC1c1ccccc1Cl. The second kappa shape index (κ2) is 4.99. The highest BCUT2D eigenvalue weighted by atomic mass is 35.5. The molecular formula is C15H22ClN. The van der Waals surface area contributed by atoms with E-state index in [4.69, 9.17) is 11.6 Å². The molecule has 94 valence electrons. The lowest BCUT2D eigenvalue weighted by Gasteiger charge is -2.56. The maximum absolute atomic E-state index is 6.34. The molecule has 0 saturated heterocycles. The average molecular weight is 252 g/mol. The number of halogens is 1. The van der Waals surface area contributed by atoms with Gasteiger partial charge in [0.25, 0.3) is 0 Å². The minimum absolute atomic E-state index is 0.389. The molecule has 0 aromatic heterocycles. The van der Waals surface area contributed by atoms with Crippen LogP contribution in [0.4, 0.5) is 0 Å². The molecule has 2 unspecified atom stereocenters. The van der Waals surface area contributed by atoms with Gasteiger partial charge in [-0.3, -0.25) is 0 Å². The van der Waals surface area contributed by atoms with Gasteiger partial charge >= 0.3 is 0 Å². The van der Waals surface area contributed by atoms with Crippen molar-refractivity contribution < 1.29 is 0 Å². The highest BCUT2D eigenvalue weighted by Gasteiger charge is 2.52. The molecule has 1 aromatic rings. The van der Waals surface area contributed by atoms with Gasteiger partial charge in [0.2, 0.25) is 0 Å². The summed E-state index contributed by atoms with van der Waals surface area (Å²) in [6.07, 6.45) is 3.64. The van der Waals surface area contributed by atoms with E-state index in [0.717, 1.165) is 5.02 Å². The van der Waals surface area contributed by atoms with Crippen molar-refractivity contribution in [3.05, 3.63) is 34.9 Å². The van der Waals surface area contributed by atoms with Crippen LogP contribution in [0, 0.1) is 5.41 Å². The largest absolute Gasteiger partial charge is 0.316 e. The third-order valence-corrected chi connectivity index (χ3v) is 5.15. The third-order valence-electron chi connectivity index (χ3n) is 4.80. The van der Waals surface area contributed by atoms with Crippen LogP contribution in [0.5, 0.6) is 0 Å². The lowest BCUT2D eigenvalue weighted by Crippen LogP contribution is -2.57. The molecule has 0 bridgehead atoms. The van der Waals surface area contributed by atoms with Crippen molar-refractivity contribution in [1.29, 1.82) is 0 Å². The van der Waals surface area contributed by atoms with Crippen molar-refractivity contribution >= 4 is 11.6 Å². The van der Waals surface area contributed by atoms with Crippen LogP contribution in [0.1, 0.15) is 44.6 Å². The number of hydrogen-bond acceptors (Lipinski definition) is 1. The minimum Gasteiger partial charge on any atom is -0.316 e. The monoisotopic (exact) mass is 251 g/mol. The topological polar surface area (TPSA) is 12.0 Å². The summed E-state index contributed by atoms with van der Waals surface area (Å²) >= 11 is 6.34. The van der Waals surface area contributed by atoms with Gasteiger partial charge < -0.3 is 5.32 Å². The molecular weight excluding hydrogens is 230 g/mol. The maximum atomic E-state index is 6.34. The fourth-order valence-electron chi connectivity index (χ4n) is 3.62. The minimum atomic E-state index is 0.389. The predicted octanol–water partition coefficient (Wildman–Crippen LogP) is 4.22. The highest BCUT2D eigenvalue weighted by Crippen LogP contribution is 2.58. The van der Waals surface area contributed by atoms with Crippen LogP contribution in [-0.2, 0) is 0 Å². The van der Waals surface area contributed by atoms with E-state index in [9.17, 15) is 0 Å². The Morgan fingerprint density at radius 2 is 1.94 bits per heavy atom. The van der Waals surface area contributed by atoms with E-state index >= 15 is 0 Å². The molecule has 1 N–H and O–H groups in total. The summed E-state index contributed by atoms with van der Waals surface area (Å²) in [7, 11) is 2.08. The smallest absolute Gasteiger partial charge is 0.0441 e. The van der Waals surface area contributed by atoms with Crippen LogP contribution in [-0.4, -0.2) is 13.1 Å². The molecule has 0 aliphatic heterocycles. The molecule has 1 fully saturated rings. The van der Waals surface area contributed by atoms with Crippen molar-refractivity contribution in [2.75, 3.05) is 7.05 Å². The molecule has 1 aromatic carbocycles. The number of nitrogens with one attached hydrogen (secondary N) is 1. The molecule has 2 heteroatoms. The van der Waals surface area contributed by atoms with E-state index < -0.39 is 0 Å². The van der Waals surface area contributed by atoms with Gasteiger partial charge in [-0.15, -0.1) is 0 Å². The zero-order chi connectivity index (χ0) is 12.5. The Kier molecular flexibility index (Phi) is 3.79. The van der Waals surface area contributed by atoms with Crippen LogP contribution in [0.25, 0.3) is 0 Å². The van der Waals surface area contributed by atoms with Crippen LogP contribution in [0.2, 0.25) is 5.02 Å². The Labute approximate surface area is 110 Å². The molecule has 1 aliphatic rings. The molecule has 2 atom stereocenters. The second-order valence-electron chi connectivity index (χ2n) is 5.09. The van der Waals surface area contributed by atoms with Crippen molar-refractivity contribution in [3.63, 3.8) is 0 Å². The Morgan fingerprint density at radius 3 is 2.47 bits per heavy atom. The molecule has 1 saturated carbocycles. The summed E-state index contributed by atoms with van der Waals surface area (Å²) < 4.78 is 0. The Hall–Kier alpha value is -0.530. The third kappa shape index (κ3) is 1.90. The van der Waals surface area contributed by atoms with Gasteiger partial charge in [-0.2, -0.15) is 0 Å². The molecule has 17 heavy (non-hydrogen) atoms. The predicted molar refractivity (Wildman–Crippen MR) is 74.7 cm³/mol. The van der Waals surface area contributed by atoms with E-state index in [1.807, 2.05) is 12.1 Å². The standard InChI is InChI=1S/C15H22ClN/c1-4-15(5-2)12(10-14(15)17-3)11-8-6-7-9-13(11)16/h6-9,12,14,17H,4-5,10H2,1-3H3. The van der Waals surface area contributed by atoms with E-state index in [1.165, 1.54) is 24.8 Å². The van der Waals surface area contributed by atoms with E-state index in [0.29, 0.717) is 17.4 Å². The molecule has 0 amide bonds. The molecule has 1 nitrogen and oxygen atoms in total. The molecule has 1 aliphatic carbocycles. The first-order chi connectivity index (χ1) is 8.19. The van der Waals surface area contributed by atoms with Gasteiger partial charge in [-0.1, -0.05) is 43.6 Å². The second-order valence-corrected chi connectivity index (χ2v) is 5.50. The molecule has 2 rings (SSSR count). The maximum Gasteiger partial charge on any atom is 0.0441 e. The zero-order valence-corrected chi connectivity index (χ0v) is 11.7. The van der Waals surface area contributed by atoms with Crippen molar-refractivity contribution in [3.8, 4) is 0 Å². The van der Waals surface area contributed by atoms with Crippen LogP contribution < -0.4 is 5.32 Å². The highest BCUT2D eigenvalue weighted by molar-refractivity contribution is 6.31. The Morgan fingerprint density at radius 1 is 1.29 bits per heavy atom. The van der Waals surface area contributed by atoms with Crippen molar-refractivity contribution in [1.82, 2.24) is 5.32 Å². The van der Waals surface area contributed by atoms with Gasteiger partial charge in [-0.25, -0.2) is 0 Å². The van der Waals surface area contributed by atoms with Gasteiger partial charge in [-0.05, 0) is 49.3 Å². The molecule has 0 spiro atoms. The van der Waals surface area contributed by atoms with Crippen LogP contribution >= 0.6 is 11.6 Å². The van der Waals surface area contributed by atoms with E-state index in [-0.39, 0.29) is 0 Å². The van der Waals surface area contributed by atoms with Crippen LogP contribution in [0.15, 0.2) is 24.3 Å². The molecule has 0 heterocycles. The van der Waals surface area contributed by atoms with Gasteiger partial charge in [0.05, 0.1) is 0 Å². The first-order valence-electron chi connectivity index (χ1n) is 6.61. The summed E-state index contributed by atoms with van der Waals surface area (Å²) in [5, 5.41) is 4.40. The molecule has 0 radical (unpaired) electrons. The Bertz CT molecular complexity index is 384. The summed E-state index contributed by atoms with van der Waals surface area (Å²) in [6, 6.07) is 8.96. The number of benzene rings is 1. The Balaban J connectivity index is 2.32. The van der Waals surface area contributed by atoms with Crippen molar-refractivity contribution in [2.45, 2.75) is 45.1 Å². The summed E-state index contributed by atoms with van der Waals surface area (Å²) in [6.45, 7) is 4.60. The van der Waals surface area contributed by atoms with Gasteiger partial charge in [0.15, 0.2) is 0 Å². The summed E-state index contributed by atoms with van der Waals surface area (Å²) in [5.41, 5.74) is 1.73. The normalized spacial score (nSPS) is 26.6. The fraction of sp³-hybridized carbons (Fsp3) is 0.600. The number of rotatable bonds is 4. The summed E-state index contributed by atoms with van der Waals surface area (Å²) in [4.78, 5) is 0. The van der Waals surface area contributed by atoms with E-state index in [1.54, 1.807) is 0 Å². The van der Waals surface area contributed by atoms with Crippen LogP contribution in [0.3, 0.4) is 0 Å². The lowest BCUT2D eigenvalue weighted by atomic mass is 9.52. The average Bonchev–Trinajstić information content (AvgIpc) is 2.33. The van der Waals surface area contributed by atoms with Gasteiger partial charge in [0, 0.05) is 11.1 Å². The lowest BCUT2D eigenvalue weighted by molar-refractivity contribution is 0.0246. The van der Waals surface area contributed by atoms with Crippen molar-refractivity contribution in [2.24, 2.45) is 5.41 Å². The zero-order valence-electron chi connectivity index (χ0n) is 11.0. The number of hydrogen-bond donors (Lipinski definition) is 1. The fourth-order valence-corrected chi connectivity index (χ4v) is 3.89.